The number of primary amides is 1. The fourth-order valence-corrected chi connectivity index (χ4v) is 4.61. The third-order valence-electron chi connectivity index (χ3n) is 4.79. The minimum Gasteiger partial charge on any atom is -0.447 e. The molecule has 1 aromatic carbocycles. The summed E-state index contributed by atoms with van der Waals surface area (Å²) in [5, 5.41) is 4.19. The van der Waals surface area contributed by atoms with Crippen molar-refractivity contribution in [2.45, 2.75) is 38.1 Å². The molecular formula is C22H26F2N4O3S. The molecule has 1 amide bonds. The molecule has 0 spiro atoms. The van der Waals surface area contributed by atoms with Crippen molar-refractivity contribution in [3.63, 3.8) is 0 Å². The Morgan fingerprint density at radius 3 is 2.47 bits per heavy atom. The van der Waals surface area contributed by atoms with E-state index in [9.17, 15) is 13.6 Å². The third kappa shape index (κ3) is 5.89. The summed E-state index contributed by atoms with van der Waals surface area (Å²) >= 11 is 1.25. The molecule has 1 aliphatic rings. The quantitative estimate of drug-likeness (QED) is 0.539. The highest BCUT2D eigenvalue weighted by atomic mass is 32.2. The first-order chi connectivity index (χ1) is 15.2. The number of nitrogens with two attached hydrogens (primary N) is 1. The first kappa shape index (κ1) is 23.8. The number of nitrogens with one attached hydrogen (secondary N) is 1. The fourth-order valence-electron chi connectivity index (χ4n) is 3.30. The molecule has 0 fully saturated rings. The molecule has 1 atom stereocenters. The predicted octanol–water partition coefficient (Wildman–Crippen LogP) is 4.17. The Morgan fingerprint density at radius 1 is 1.22 bits per heavy atom. The van der Waals surface area contributed by atoms with Crippen molar-refractivity contribution in [2.75, 3.05) is 13.2 Å². The van der Waals surface area contributed by atoms with Gasteiger partial charge in [0.15, 0.2) is 0 Å². The van der Waals surface area contributed by atoms with Gasteiger partial charge in [-0.1, -0.05) is 25.6 Å². The van der Waals surface area contributed by atoms with E-state index in [-0.39, 0.29) is 19.1 Å². The number of hydrogen-bond acceptors (Lipinski definition) is 7. The summed E-state index contributed by atoms with van der Waals surface area (Å²) in [7, 11) is 0. The van der Waals surface area contributed by atoms with Crippen molar-refractivity contribution in [2.24, 2.45) is 11.7 Å². The zero-order valence-corrected chi connectivity index (χ0v) is 18.9. The molecule has 1 unspecified atom stereocenters. The van der Waals surface area contributed by atoms with Crippen LogP contribution in [-0.4, -0.2) is 35.0 Å². The average Bonchev–Trinajstić information content (AvgIpc) is 2.98. The lowest BCUT2D eigenvalue weighted by atomic mass is 10.1. The molecular weight excluding hydrogens is 438 g/mol. The fraction of sp³-hybridized carbons (Fsp3) is 0.364. The number of thioether (sulfide) groups is 1. The van der Waals surface area contributed by atoms with Crippen LogP contribution in [0.1, 0.15) is 26.3 Å². The van der Waals surface area contributed by atoms with E-state index in [4.69, 9.17) is 15.2 Å². The van der Waals surface area contributed by atoms with E-state index in [1.165, 1.54) is 23.9 Å². The summed E-state index contributed by atoms with van der Waals surface area (Å²) in [5.74, 6) is -2.22. The largest absolute Gasteiger partial charge is 0.447 e. The number of benzene rings is 1. The molecule has 10 heteroatoms. The summed E-state index contributed by atoms with van der Waals surface area (Å²) < 4.78 is 38.6. The molecule has 0 bridgehead atoms. The predicted molar refractivity (Wildman–Crippen MR) is 117 cm³/mol. The SMILES string of the molecule is CC(C)C1=C(Sc2cc(F)cc(F)c2)N(Cc2ccncc2)C(C)(OCCOC(N)=O)N1. The minimum absolute atomic E-state index is 0.00963. The van der Waals surface area contributed by atoms with Crippen LogP contribution in [0.3, 0.4) is 0 Å². The number of rotatable bonds is 9. The molecule has 0 radical (unpaired) electrons. The number of nitrogens with zero attached hydrogens (tertiary/aromatic N) is 2. The summed E-state index contributed by atoms with van der Waals surface area (Å²) in [6.07, 6.45) is 2.51. The summed E-state index contributed by atoms with van der Waals surface area (Å²) in [6, 6.07) is 7.19. The van der Waals surface area contributed by atoms with Gasteiger partial charge in [-0.15, -0.1) is 0 Å². The van der Waals surface area contributed by atoms with E-state index >= 15 is 0 Å². The van der Waals surface area contributed by atoms with Crippen LogP contribution in [-0.2, 0) is 16.0 Å². The Hall–Kier alpha value is -2.85. The van der Waals surface area contributed by atoms with E-state index in [0.717, 1.165) is 22.4 Å². The third-order valence-corrected chi connectivity index (χ3v) is 5.89. The lowest BCUT2D eigenvalue weighted by Gasteiger charge is -2.38. The molecule has 1 aromatic heterocycles. The number of pyridine rings is 1. The molecule has 1 aliphatic heterocycles. The molecule has 0 saturated carbocycles. The Labute approximate surface area is 190 Å². The van der Waals surface area contributed by atoms with Crippen LogP contribution in [0.2, 0.25) is 0 Å². The zero-order chi connectivity index (χ0) is 23.3. The molecule has 2 heterocycles. The average molecular weight is 465 g/mol. The highest BCUT2D eigenvalue weighted by Crippen LogP contribution is 2.43. The lowest BCUT2D eigenvalue weighted by molar-refractivity contribution is -0.141. The Balaban J connectivity index is 1.94. The van der Waals surface area contributed by atoms with Gasteiger partial charge in [-0.05, 0) is 35.7 Å². The first-order valence-corrected chi connectivity index (χ1v) is 10.9. The minimum atomic E-state index is -1.00. The molecule has 32 heavy (non-hydrogen) atoms. The van der Waals surface area contributed by atoms with Crippen molar-refractivity contribution in [1.29, 1.82) is 0 Å². The first-order valence-electron chi connectivity index (χ1n) is 10.1. The number of carbonyl (C=O) groups is 1. The van der Waals surface area contributed by atoms with Crippen LogP contribution in [0.5, 0.6) is 0 Å². The van der Waals surface area contributed by atoms with Crippen molar-refractivity contribution in [1.82, 2.24) is 15.2 Å². The monoisotopic (exact) mass is 464 g/mol. The van der Waals surface area contributed by atoms with Gasteiger partial charge in [0, 0.05) is 42.5 Å². The summed E-state index contributed by atoms with van der Waals surface area (Å²) in [4.78, 5) is 17.3. The smallest absolute Gasteiger partial charge is 0.404 e. The number of halogens is 2. The van der Waals surface area contributed by atoms with Gasteiger partial charge >= 0.3 is 6.09 Å². The van der Waals surface area contributed by atoms with Gasteiger partial charge in [-0.3, -0.25) is 4.98 Å². The second kappa shape index (κ2) is 10.2. The number of carbonyl (C=O) groups excluding carboxylic acids is 1. The second-order valence-electron chi connectivity index (χ2n) is 7.65. The zero-order valence-electron chi connectivity index (χ0n) is 18.1. The van der Waals surface area contributed by atoms with Gasteiger partial charge in [-0.25, -0.2) is 13.6 Å². The maximum Gasteiger partial charge on any atom is 0.404 e. The van der Waals surface area contributed by atoms with E-state index in [1.54, 1.807) is 12.4 Å². The van der Waals surface area contributed by atoms with Crippen molar-refractivity contribution < 1.29 is 23.0 Å². The molecule has 3 N–H and O–H groups in total. The highest BCUT2D eigenvalue weighted by molar-refractivity contribution is 8.03. The van der Waals surface area contributed by atoms with E-state index < -0.39 is 23.6 Å². The lowest BCUT2D eigenvalue weighted by Crippen LogP contribution is -2.52. The maximum atomic E-state index is 13.8. The topological polar surface area (TPSA) is 89.7 Å². The number of hydrogen-bond donors (Lipinski definition) is 2. The van der Waals surface area contributed by atoms with Crippen LogP contribution in [0, 0.1) is 17.6 Å². The van der Waals surface area contributed by atoms with Crippen molar-refractivity contribution >= 4 is 17.9 Å². The van der Waals surface area contributed by atoms with Gasteiger partial charge in [0.1, 0.15) is 18.2 Å². The van der Waals surface area contributed by atoms with E-state index in [1.807, 2.05) is 37.8 Å². The molecule has 7 nitrogen and oxygen atoms in total. The van der Waals surface area contributed by atoms with Gasteiger partial charge < -0.3 is 25.4 Å². The van der Waals surface area contributed by atoms with Crippen LogP contribution in [0.4, 0.5) is 13.6 Å². The normalized spacial score (nSPS) is 18.2. The Kier molecular flexibility index (Phi) is 7.57. The number of allylic oxidation sites excluding steroid dienone is 1. The van der Waals surface area contributed by atoms with Crippen molar-refractivity contribution in [3.8, 4) is 0 Å². The van der Waals surface area contributed by atoms with Gasteiger partial charge in [0.2, 0.25) is 5.85 Å². The maximum absolute atomic E-state index is 13.8. The Morgan fingerprint density at radius 2 is 1.88 bits per heavy atom. The molecule has 0 saturated heterocycles. The number of aromatic nitrogens is 1. The van der Waals surface area contributed by atoms with Crippen molar-refractivity contribution in [3.05, 3.63) is 70.6 Å². The summed E-state index contributed by atoms with van der Waals surface area (Å²) in [5.41, 5.74) is 6.86. The van der Waals surface area contributed by atoms with Crippen LogP contribution in [0.15, 0.2) is 58.3 Å². The van der Waals surface area contributed by atoms with Gasteiger partial charge in [-0.2, -0.15) is 0 Å². The Bertz CT molecular complexity index is 970. The summed E-state index contributed by atoms with van der Waals surface area (Å²) in [6.45, 7) is 6.41. The standard InChI is InChI=1S/C22H26F2N4O3S/c1-14(2)19-20(32-18-11-16(23)10-17(24)12-18)28(13-15-4-6-26-7-5-15)22(3,27-19)31-9-8-30-21(25)29/h4-7,10-12,14,27H,8-9,13H2,1-3H3,(H2,25,29). The van der Waals surface area contributed by atoms with Crippen LogP contribution < -0.4 is 11.1 Å². The van der Waals surface area contributed by atoms with Gasteiger partial charge in [0.05, 0.1) is 11.6 Å². The molecule has 2 aromatic rings. The number of ether oxygens (including phenoxy) is 2. The van der Waals surface area contributed by atoms with E-state index in [0.29, 0.717) is 11.4 Å². The van der Waals surface area contributed by atoms with Crippen LogP contribution >= 0.6 is 11.8 Å². The van der Waals surface area contributed by atoms with Crippen LogP contribution in [0.25, 0.3) is 0 Å². The molecule has 172 valence electrons. The molecule has 3 rings (SSSR count). The van der Waals surface area contributed by atoms with Gasteiger partial charge in [0.25, 0.3) is 0 Å². The second-order valence-corrected chi connectivity index (χ2v) is 8.71. The molecule has 0 aliphatic carbocycles. The highest BCUT2D eigenvalue weighted by Gasteiger charge is 2.43. The number of amides is 1. The van der Waals surface area contributed by atoms with E-state index in [2.05, 4.69) is 10.3 Å².